The standard InChI is InChI=1S/C4H9BrN2O/c5-2-1-3(6)4(7)8/h3H,1-2,6H2,(H2,7,8)/t3-/m0/s1. The maximum Gasteiger partial charge on any atom is 0.234 e. The van der Waals surface area contributed by atoms with Gasteiger partial charge < -0.3 is 11.5 Å². The second kappa shape index (κ2) is 3.86. The summed E-state index contributed by atoms with van der Waals surface area (Å²) in [5, 5.41) is 0.719. The van der Waals surface area contributed by atoms with Crippen molar-refractivity contribution in [3.8, 4) is 0 Å². The highest BCUT2D eigenvalue weighted by Gasteiger charge is 2.05. The first-order valence-corrected chi connectivity index (χ1v) is 3.41. The van der Waals surface area contributed by atoms with Crippen molar-refractivity contribution >= 4 is 21.8 Å². The topological polar surface area (TPSA) is 69.1 Å². The molecule has 0 aliphatic heterocycles. The Morgan fingerprint density at radius 2 is 2.25 bits per heavy atom. The van der Waals surface area contributed by atoms with E-state index in [2.05, 4.69) is 15.9 Å². The molecule has 0 bridgehead atoms. The molecule has 0 radical (unpaired) electrons. The maximum absolute atomic E-state index is 10.2. The number of rotatable bonds is 3. The second-order valence-electron chi connectivity index (χ2n) is 1.49. The van der Waals surface area contributed by atoms with Gasteiger partial charge in [0.15, 0.2) is 0 Å². The predicted octanol–water partition coefficient (Wildman–Crippen LogP) is -0.416. The summed E-state index contributed by atoms with van der Waals surface area (Å²) in [6.07, 6.45) is 0.606. The summed E-state index contributed by atoms with van der Waals surface area (Å²) < 4.78 is 0. The third kappa shape index (κ3) is 2.98. The quantitative estimate of drug-likeness (QED) is 0.580. The largest absolute Gasteiger partial charge is 0.368 e. The summed E-state index contributed by atoms with van der Waals surface area (Å²) in [4.78, 5) is 10.2. The van der Waals surface area contributed by atoms with Crippen molar-refractivity contribution in [2.75, 3.05) is 5.33 Å². The van der Waals surface area contributed by atoms with Crippen LogP contribution in [0.25, 0.3) is 0 Å². The van der Waals surface area contributed by atoms with E-state index >= 15 is 0 Å². The minimum atomic E-state index is -0.491. The van der Waals surface area contributed by atoms with Crippen molar-refractivity contribution in [2.45, 2.75) is 12.5 Å². The third-order valence-corrected chi connectivity index (χ3v) is 1.24. The van der Waals surface area contributed by atoms with Gasteiger partial charge in [-0.15, -0.1) is 0 Å². The van der Waals surface area contributed by atoms with Gasteiger partial charge in [0.25, 0.3) is 0 Å². The molecule has 0 aromatic rings. The minimum absolute atomic E-state index is 0.440. The van der Waals surface area contributed by atoms with Gasteiger partial charge >= 0.3 is 0 Å². The van der Waals surface area contributed by atoms with Crippen LogP contribution in [-0.4, -0.2) is 17.3 Å². The zero-order valence-corrected chi connectivity index (χ0v) is 6.02. The number of hydrogen-bond donors (Lipinski definition) is 2. The van der Waals surface area contributed by atoms with Crippen LogP contribution in [0, 0.1) is 0 Å². The monoisotopic (exact) mass is 180 g/mol. The highest BCUT2D eigenvalue weighted by atomic mass is 79.9. The molecule has 4 heteroatoms. The molecule has 8 heavy (non-hydrogen) atoms. The van der Waals surface area contributed by atoms with E-state index in [-0.39, 0.29) is 0 Å². The molecule has 1 atom stereocenters. The van der Waals surface area contributed by atoms with Gasteiger partial charge in [-0.05, 0) is 6.42 Å². The molecule has 0 saturated carbocycles. The number of carbonyl (C=O) groups is 1. The van der Waals surface area contributed by atoms with Crippen LogP contribution in [0.2, 0.25) is 0 Å². The lowest BCUT2D eigenvalue weighted by Gasteiger charge is -2.01. The summed E-state index contributed by atoms with van der Waals surface area (Å²) in [5.41, 5.74) is 10.1. The molecule has 0 unspecified atom stereocenters. The van der Waals surface area contributed by atoms with Gasteiger partial charge in [-0.2, -0.15) is 0 Å². The number of nitrogens with two attached hydrogens (primary N) is 2. The lowest BCUT2D eigenvalue weighted by molar-refractivity contribution is -0.119. The Balaban J connectivity index is 3.32. The first-order chi connectivity index (χ1) is 3.68. The van der Waals surface area contributed by atoms with Gasteiger partial charge in [-0.1, -0.05) is 15.9 Å². The molecule has 0 aromatic heterocycles. The lowest BCUT2D eigenvalue weighted by Crippen LogP contribution is -2.36. The minimum Gasteiger partial charge on any atom is -0.368 e. The molecule has 0 fully saturated rings. The van der Waals surface area contributed by atoms with Gasteiger partial charge in [-0.3, -0.25) is 4.79 Å². The Kier molecular flexibility index (Phi) is 3.81. The lowest BCUT2D eigenvalue weighted by atomic mass is 10.2. The van der Waals surface area contributed by atoms with Gasteiger partial charge in [-0.25, -0.2) is 0 Å². The zero-order valence-electron chi connectivity index (χ0n) is 4.43. The number of amides is 1. The average Bonchev–Trinajstić information content (AvgIpc) is 1.67. The Labute approximate surface area is 56.5 Å². The van der Waals surface area contributed by atoms with Crippen LogP contribution < -0.4 is 11.5 Å². The molecular formula is C4H9BrN2O. The Morgan fingerprint density at radius 1 is 1.75 bits per heavy atom. The smallest absolute Gasteiger partial charge is 0.234 e. The summed E-state index contributed by atoms with van der Waals surface area (Å²) in [5.74, 6) is -0.440. The van der Waals surface area contributed by atoms with Gasteiger partial charge in [0.05, 0.1) is 6.04 Å². The molecule has 4 N–H and O–H groups in total. The summed E-state index contributed by atoms with van der Waals surface area (Å²) in [7, 11) is 0. The fourth-order valence-electron chi connectivity index (χ4n) is 0.260. The van der Waals surface area contributed by atoms with Crippen molar-refractivity contribution in [3.63, 3.8) is 0 Å². The first kappa shape index (κ1) is 7.91. The van der Waals surface area contributed by atoms with Gasteiger partial charge in [0.2, 0.25) is 5.91 Å². The Morgan fingerprint density at radius 3 is 2.38 bits per heavy atom. The van der Waals surface area contributed by atoms with Crippen molar-refractivity contribution in [3.05, 3.63) is 0 Å². The van der Waals surface area contributed by atoms with E-state index < -0.39 is 11.9 Å². The molecule has 0 aliphatic carbocycles. The van der Waals surface area contributed by atoms with E-state index in [4.69, 9.17) is 11.5 Å². The SMILES string of the molecule is NC(=O)[C@@H](N)CCBr. The zero-order chi connectivity index (χ0) is 6.57. The highest BCUT2D eigenvalue weighted by molar-refractivity contribution is 9.09. The molecule has 0 aromatic carbocycles. The second-order valence-corrected chi connectivity index (χ2v) is 2.28. The molecule has 0 saturated heterocycles. The third-order valence-electron chi connectivity index (χ3n) is 0.786. The van der Waals surface area contributed by atoms with Crippen LogP contribution in [0.5, 0.6) is 0 Å². The maximum atomic E-state index is 10.2. The van der Waals surface area contributed by atoms with Crippen LogP contribution in [0.4, 0.5) is 0 Å². The van der Waals surface area contributed by atoms with E-state index in [1.165, 1.54) is 0 Å². The first-order valence-electron chi connectivity index (χ1n) is 2.29. The summed E-state index contributed by atoms with van der Waals surface area (Å²) in [6.45, 7) is 0. The molecule has 0 rings (SSSR count). The molecule has 0 heterocycles. The fourth-order valence-corrected chi connectivity index (χ4v) is 0.753. The molecule has 0 aliphatic rings. The highest BCUT2D eigenvalue weighted by Crippen LogP contribution is 1.90. The summed E-state index contributed by atoms with van der Waals surface area (Å²) in [6, 6.07) is -0.491. The Hall–Kier alpha value is -0.0900. The summed E-state index contributed by atoms with van der Waals surface area (Å²) >= 11 is 3.13. The predicted molar refractivity (Wildman–Crippen MR) is 35.6 cm³/mol. The normalized spacial score (nSPS) is 13.2. The van der Waals surface area contributed by atoms with Crippen LogP contribution in [0.1, 0.15) is 6.42 Å². The van der Waals surface area contributed by atoms with E-state index in [9.17, 15) is 4.79 Å². The van der Waals surface area contributed by atoms with Crippen LogP contribution in [0.3, 0.4) is 0 Å². The molecule has 1 amide bonds. The molecule has 3 nitrogen and oxygen atoms in total. The van der Waals surface area contributed by atoms with Crippen LogP contribution in [0.15, 0.2) is 0 Å². The average molecular weight is 181 g/mol. The van der Waals surface area contributed by atoms with Crippen LogP contribution >= 0.6 is 15.9 Å². The van der Waals surface area contributed by atoms with Crippen molar-refractivity contribution < 1.29 is 4.79 Å². The number of halogens is 1. The van der Waals surface area contributed by atoms with E-state index in [1.54, 1.807) is 0 Å². The Bertz CT molecular complexity index is 86.1. The molecular weight excluding hydrogens is 172 g/mol. The number of primary amides is 1. The van der Waals surface area contributed by atoms with E-state index in [0.29, 0.717) is 6.42 Å². The van der Waals surface area contributed by atoms with Gasteiger partial charge in [0.1, 0.15) is 0 Å². The molecule has 0 spiro atoms. The van der Waals surface area contributed by atoms with Crippen molar-refractivity contribution in [1.82, 2.24) is 0 Å². The van der Waals surface area contributed by atoms with Crippen molar-refractivity contribution in [1.29, 1.82) is 0 Å². The number of alkyl halides is 1. The fraction of sp³-hybridized carbons (Fsp3) is 0.750. The van der Waals surface area contributed by atoms with E-state index in [0.717, 1.165) is 5.33 Å². The van der Waals surface area contributed by atoms with Crippen molar-refractivity contribution in [2.24, 2.45) is 11.5 Å². The van der Waals surface area contributed by atoms with Crippen LogP contribution in [-0.2, 0) is 4.79 Å². The molecule has 48 valence electrons. The number of carbonyl (C=O) groups excluding carboxylic acids is 1. The van der Waals surface area contributed by atoms with Gasteiger partial charge in [0, 0.05) is 5.33 Å². The van der Waals surface area contributed by atoms with E-state index in [1.807, 2.05) is 0 Å². The number of hydrogen-bond acceptors (Lipinski definition) is 2.